The van der Waals surface area contributed by atoms with Crippen LogP contribution in [0.4, 0.5) is 8.78 Å². The maximum Gasteiger partial charge on any atom is 0.254 e. The summed E-state index contributed by atoms with van der Waals surface area (Å²) < 4.78 is 38.2. The molecule has 3 aromatic rings. The highest BCUT2D eigenvalue weighted by molar-refractivity contribution is 7.18. The van der Waals surface area contributed by atoms with E-state index in [-0.39, 0.29) is 12.4 Å². The Bertz CT molecular complexity index is 946. The first-order valence-electron chi connectivity index (χ1n) is 7.28. The van der Waals surface area contributed by atoms with Crippen molar-refractivity contribution in [1.29, 1.82) is 0 Å². The predicted octanol–water partition coefficient (Wildman–Crippen LogP) is 3.05. The predicted molar refractivity (Wildman–Crippen MR) is 87.8 cm³/mol. The van der Waals surface area contributed by atoms with E-state index in [2.05, 4.69) is 9.97 Å². The topological polar surface area (TPSA) is 87.3 Å². The van der Waals surface area contributed by atoms with Gasteiger partial charge in [-0.05, 0) is 19.1 Å². The maximum absolute atomic E-state index is 14.1. The number of fused-ring (bicyclic) bond motifs is 1. The summed E-state index contributed by atoms with van der Waals surface area (Å²) in [6, 6.07) is 3.76. The number of thiazole rings is 1. The fourth-order valence-corrected chi connectivity index (χ4v) is 2.97. The van der Waals surface area contributed by atoms with Crippen molar-refractivity contribution in [3.8, 4) is 11.5 Å². The van der Waals surface area contributed by atoms with Gasteiger partial charge in [0.1, 0.15) is 39.1 Å². The number of nitrogens with two attached hydrogens (primary N) is 1. The first-order valence-corrected chi connectivity index (χ1v) is 8.10. The van der Waals surface area contributed by atoms with Crippen molar-refractivity contribution in [2.45, 2.75) is 13.5 Å². The molecule has 0 aliphatic heterocycles. The summed E-state index contributed by atoms with van der Waals surface area (Å²) >= 11 is 1.27. The molecule has 1 amide bonds. The molecule has 2 aromatic heterocycles. The van der Waals surface area contributed by atoms with Gasteiger partial charge in [-0.15, -0.1) is 0 Å². The number of ether oxygens (including phenoxy) is 2. The monoisotopic (exact) mass is 365 g/mol. The zero-order valence-electron chi connectivity index (χ0n) is 13.1. The zero-order chi connectivity index (χ0) is 18.0. The smallest absolute Gasteiger partial charge is 0.254 e. The van der Waals surface area contributed by atoms with Crippen LogP contribution in [0.5, 0.6) is 11.5 Å². The number of nitrogens with zero attached hydrogens (tertiary/aromatic N) is 2. The second kappa shape index (κ2) is 6.98. The molecule has 0 spiro atoms. The number of pyridine rings is 1. The number of benzene rings is 1. The van der Waals surface area contributed by atoms with Crippen LogP contribution < -0.4 is 15.2 Å². The largest absolute Gasteiger partial charge is 0.492 e. The van der Waals surface area contributed by atoms with Gasteiger partial charge in [0.2, 0.25) is 0 Å². The van der Waals surface area contributed by atoms with Crippen molar-refractivity contribution in [2.24, 2.45) is 5.73 Å². The Morgan fingerprint density at radius 2 is 2.12 bits per heavy atom. The molecule has 0 bridgehead atoms. The number of hydrogen-bond donors (Lipinski definition) is 1. The lowest BCUT2D eigenvalue weighted by Crippen LogP contribution is -2.16. The SMILES string of the molecule is CCOc1cnc2sc(COc3ccc(F)c(C(N)=O)c3F)nc2c1. The third-order valence-electron chi connectivity index (χ3n) is 3.23. The van der Waals surface area contributed by atoms with Crippen LogP contribution in [-0.4, -0.2) is 22.5 Å². The second-order valence-corrected chi connectivity index (χ2v) is 5.99. The number of aromatic nitrogens is 2. The Morgan fingerprint density at radius 3 is 2.84 bits per heavy atom. The second-order valence-electron chi connectivity index (χ2n) is 4.92. The minimum Gasteiger partial charge on any atom is -0.492 e. The first kappa shape index (κ1) is 17.0. The first-order chi connectivity index (χ1) is 12.0. The van der Waals surface area contributed by atoms with E-state index in [0.717, 1.165) is 12.1 Å². The van der Waals surface area contributed by atoms with Crippen molar-refractivity contribution >= 4 is 27.6 Å². The van der Waals surface area contributed by atoms with Crippen molar-refractivity contribution in [2.75, 3.05) is 6.61 Å². The van der Waals surface area contributed by atoms with Gasteiger partial charge in [-0.1, -0.05) is 11.3 Å². The number of rotatable bonds is 6. The molecule has 130 valence electrons. The van der Waals surface area contributed by atoms with Crippen molar-refractivity contribution in [3.63, 3.8) is 0 Å². The molecule has 0 saturated heterocycles. The van der Waals surface area contributed by atoms with E-state index in [0.29, 0.717) is 27.7 Å². The van der Waals surface area contributed by atoms with Gasteiger partial charge in [0.05, 0.1) is 12.8 Å². The van der Waals surface area contributed by atoms with E-state index in [1.165, 1.54) is 11.3 Å². The molecule has 2 N–H and O–H groups in total. The summed E-state index contributed by atoms with van der Waals surface area (Å²) in [4.78, 5) is 20.4. The van der Waals surface area contributed by atoms with Crippen LogP contribution in [0.25, 0.3) is 10.3 Å². The molecule has 2 heterocycles. The zero-order valence-corrected chi connectivity index (χ0v) is 13.9. The molecule has 0 aliphatic carbocycles. The average Bonchev–Trinajstić information content (AvgIpc) is 2.96. The number of carbonyl (C=O) groups excluding carboxylic acids is 1. The number of carbonyl (C=O) groups is 1. The van der Waals surface area contributed by atoms with Gasteiger partial charge in [-0.3, -0.25) is 4.79 Å². The molecular weight excluding hydrogens is 352 g/mol. The number of primary amides is 1. The molecule has 0 fully saturated rings. The van der Waals surface area contributed by atoms with Crippen molar-refractivity contribution in [1.82, 2.24) is 9.97 Å². The minimum atomic E-state index is -1.20. The van der Waals surface area contributed by atoms with Gasteiger partial charge in [-0.25, -0.2) is 18.7 Å². The highest BCUT2D eigenvalue weighted by Crippen LogP contribution is 2.27. The lowest BCUT2D eigenvalue weighted by molar-refractivity contribution is 0.0991. The summed E-state index contributed by atoms with van der Waals surface area (Å²) in [6.45, 7) is 2.31. The van der Waals surface area contributed by atoms with E-state index >= 15 is 0 Å². The van der Waals surface area contributed by atoms with Gasteiger partial charge >= 0.3 is 0 Å². The average molecular weight is 365 g/mol. The van der Waals surface area contributed by atoms with E-state index in [1.807, 2.05) is 6.92 Å². The van der Waals surface area contributed by atoms with E-state index < -0.39 is 23.1 Å². The third kappa shape index (κ3) is 3.50. The van der Waals surface area contributed by atoms with Crippen LogP contribution >= 0.6 is 11.3 Å². The molecule has 0 unspecified atom stereocenters. The molecule has 9 heteroatoms. The van der Waals surface area contributed by atoms with Crippen LogP contribution in [0.3, 0.4) is 0 Å². The molecule has 0 atom stereocenters. The molecular formula is C16H13F2N3O3S. The van der Waals surface area contributed by atoms with Crippen LogP contribution in [0.1, 0.15) is 22.3 Å². The highest BCUT2D eigenvalue weighted by Gasteiger charge is 2.19. The Morgan fingerprint density at radius 1 is 1.32 bits per heavy atom. The number of hydrogen-bond acceptors (Lipinski definition) is 6. The molecule has 0 radical (unpaired) electrons. The summed E-state index contributed by atoms with van der Waals surface area (Å²) in [5.74, 6) is -3.05. The van der Waals surface area contributed by atoms with E-state index in [9.17, 15) is 13.6 Å². The highest BCUT2D eigenvalue weighted by atomic mass is 32.1. The quantitative estimate of drug-likeness (QED) is 0.725. The van der Waals surface area contributed by atoms with Crippen LogP contribution in [-0.2, 0) is 6.61 Å². The van der Waals surface area contributed by atoms with Crippen molar-refractivity contribution in [3.05, 3.63) is 46.6 Å². The summed E-state index contributed by atoms with van der Waals surface area (Å²) in [5, 5.41) is 0.542. The molecule has 6 nitrogen and oxygen atoms in total. The number of halogens is 2. The third-order valence-corrected chi connectivity index (χ3v) is 4.18. The molecule has 1 aromatic carbocycles. The molecule has 0 aliphatic rings. The Kier molecular flexibility index (Phi) is 4.75. The lowest BCUT2D eigenvalue weighted by Gasteiger charge is -2.08. The molecule has 25 heavy (non-hydrogen) atoms. The van der Waals surface area contributed by atoms with E-state index in [1.54, 1.807) is 12.3 Å². The Labute approximate surface area is 145 Å². The summed E-state index contributed by atoms with van der Waals surface area (Å²) in [7, 11) is 0. The Balaban J connectivity index is 1.81. The Hall–Kier alpha value is -2.81. The lowest BCUT2D eigenvalue weighted by atomic mass is 10.2. The standard InChI is InChI=1S/C16H13F2N3O3S/c1-2-23-8-5-10-16(20-6-8)25-12(21-10)7-24-11-4-3-9(17)13(14(11)18)15(19)22/h3-6H,2,7H2,1H3,(H2,19,22). The molecule has 0 saturated carbocycles. The minimum absolute atomic E-state index is 0.0637. The summed E-state index contributed by atoms with van der Waals surface area (Å²) in [6.07, 6.45) is 1.59. The van der Waals surface area contributed by atoms with Crippen molar-refractivity contribution < 1.29 is 23.0 Å². The maximum atomic E-state index is 14.1. The normalized spacial score (nSPS) is 10.8. The van der Waals surface area contributed by atoms with Gasteiger partial charge < -0.3 is 15.2 Å². The van der Waals surface area contributed by atoms with Gasteiger partial charge in [0, 0.05) is 6.07 Å². The van der Waals surface area contributed by atoms with E-state index in [4.69, 9.17) is 15.2 Å². The van der Waals surface area contributed by atoms with Gasteiger partial charge in [-0.2, -0.15) is 0 Å². The van der Waals surface area contributed by atoms with Gasteiger partial charge in [0.25, 0.3) is 5.91 Å². The fourth-order valence-electron chi connectivity index (χ4n) is 2.17. The fraction of sp³-hybridized carbons (Fsp3) is 0.188. The molecule has 3 rings (SSSR count). The van der Waals surface area contributed by atoms with Gasteiger partial charge in [0.15, 0.2) is 11.6 Å². The van der Waals surface area contributed by atoms with Crippen LogP contribution in [0.15, 0.2) is 24.4 Å². The number of amides is 1. The van der Waals surface area contributed by atoms with Crippen LogP contribution in [0.2, 0.25) is 0 Å². The van der Waals surface area contributed by atoms with Crippen LogP contribution in [0, 0.1) is 11.6 Å². The summed E-state index contributed by atoms with van der Waals surface area (Å²) in [5.41, 5.74) is 4.78.